The van der Waals surface area contributed by atoms with Gasteiger partial charge in [-0.3, -0.25) is 0 Å². The zero-order valence-electron chi connectivity index (χ0n) is 9.20. The predicted octanol–water partition coefficient (Wildman–Crippen LogP) is 3.82. The van der Waals surface area contributed by atoms with Gasteiger partial charge in [-0.25, -0.2) is 0 Å². The number of nitriles is 1. The third-order valence-corrected chi connectivity index (χ3v) is 3.92. The van der Waals surface area contributed by atoms with Crippen LogP contribution in [0.15, 0.2) is 12.1 Å². The number of rotatable bonds is 1. The van der Waals surface area contributed by atoms with E-state index < -0.39 is 0 Å². The van der Waals surface area contributed by atoms with E-state index >= 15 is 0 Å². The fourth-order valence-corrected chi connectivity index (χ4v) is 2.87. The zero-order valence-corrected chi connectivity index (χ0v) is 9.96. The molecule has 2 atom stereocenters. The van der Waals surface area contributed by atoms with Crippen molar-refractivity contribution < 1.29 is 5.11 Å². The minimum absolute atomic E-state index is 0.0687. The largest absolute Gasteiger partial charge is 0.505 e. The lowest BCUT2D eigenvalue weighted by atomic mass is 9.89. The Morgan fingerprint density at radius 1 is 1.44 bits per heavy atom. The molecule has 1 aliphatic carbocycles. The highest BCUT2D eigenvalue weighted by Crippen LogP contribution is 2.44. The van der Waals surface area contributed by atoms with Crippen LogP contribution in [0.3, 0.4) is 0 Å². The Morgan fingerprint density at radius 3 is 2.75 bits per heavy atom. The first-order chi connectivity index (χ1) is 7.65. The quantitative estimate of drug-likeness (QED) is 0.804. The molecule has 3 heteroatoms. The highest BCUT2D eigenvalue weighted by Gasteiger charge is 2.27. The van der Waals surface area contributed by atoms with Crippen molar-refractivity contribution in [3.8, 4) is 11.8 Å². The maximum Gasteiger partial charge on any atom is 0.152 e. The van der Waals surface area contributed by atoms with Gasteiger partial charge >= 0.3 is 0 Å². The van der Waals surface area contributed by atoms with E-state index in [1.54, 1.807) is 6.07 Å². The lowest BCUT2D eigenvalue weighted by Gasteiger charge is -2.18. The fourth-order valence-electron chi connectivity index (χ4n) is 2.56. The minimum Gasteiger partial charge on any atom is -0.505 e. The van der Waals surface area contributed by atoms with Crippen molar-refractivity contribution in [3.05, 3.63) is 28.3 Å². The van der Waals surface area contributed by atoms with Crippen LogP contribution in [0.4, 0.5) is 0 Å². The van der Waals surface area contributed by atoms with E-state index in [0.29, 0.717) is 16.9 Å². The van der Waals surface area contributed by atoms with Crippen LogP contribution < -0.4 is 0 Å². The van der Waals surface area contributed by atoms with Crippen molar-refractivity contribution in [2.75, 3.05) is 0 Å². The van der Waals surface area contributed by atoms with Crippen molar-refractivity contribution in [1.82, 2.24) is 0 Å². The van der Waals surface area contributed by atoms with Crippen LogP contribution >= 0.6 is 11.6 Å². The molecule has 2 nitrogen and oxygen atoms in total. The standard InChI is InChI=1S/C13H14ClNO/c1-8-3-2-4-10(8)11-6-5-9(7-15)13(16)12(11)14/h5-6,8,10,16H,2-4H2,1H3. The molecule has 2 unspecified atom stereocenters. The summed E-state index contributed by atoms with van der Waals surface area (Å²) in [4.78, 5) is 0. The number of aromatic hydroxyl groups is 1. The van der Waals surface area contributed by atoms with Crippen molar-refractivity contribution >= 4 is 11.6 Å². The molecule has 0 aliphatic heterocycles. The van der Waals surface area contributed by atoms with Gasteiger partial charge in [-0.2, -0.15) is 5.26 Å². The first-order valence-corrected chi connectivity index (χ1v) is 5.94. The van der Waals surface area contributed by atoms with Gasteiger partial charge in [0.2, 0.25) is 0 Å². The molecule has 1 fully saturated rings. The number of hydrogen-bond acceptors (Lipinski definition) is 2. The van der Waals surface area contributed by atoms with E-state index in [1.807, 2.05) is 12.1 Å². The summed E-state index contributed by atoms with van der Waals surface area (Å²) in [6, 6.07) is 5.47. The van der Waals surface area contributed by atoms with Crippen LogP contribution in [0.5, 0.6) is 5.75 Å². The van der Waals surface area contributed by atoms with Crippen molar-refractivity contribution in [2.24, 2.45) is 5.92 Å². The van der Waals surface area contributed by atoms with Crippen LogP contribution in [0, 0.1) is 17.2 Å². The topological polar surface area (TPSA) is 44.0 Å². The Balaban J connectivity index is 2.43. The summed E-state index contributed by atoms with van der Waals surface area (Å²) in [5.41, 5.74) is 1.24. The number of nitrogens with zero attached hydrogens (tertiary/aromatic N) is 1. The summed E-state index contributed by atoms with van der Waals surface area (Å²) in [7, 11) is 0. The maximum absolute atomic E-state index is 9.77. The van der Waals surface area contributed by atoms with E-state index in [4.69, 9.17) is 16.9 Å². The van der Waals surface area contributed by atoms with Gasteiger partial charge in [0.05, 0.1) is 10.6 Å². The summed E-state index contributed by atoms with van der Waals surface area (Å²) < 4.78 is 0. The SMILES string of the molecule is CC1CCCC1c1ccc(C#N)c(O)c1Cl. The summed E-state index contributed by atoms with van der Waals surface area (Å²) >= 11 is 6.12. The Labute approximate surface area is 100 Å². The molecule has 84 valence electrons. The Bertz CT molecular complexity index is 450. The van der Waals surface area contributed by atoms with Gasteiger partial charge in [0, 0.05) is 0 Å². The molecule has 0 radical (unpaired) electrons. The number of phenolic OH excluding ortho intramolecular Hbond substituents is 1. The molecular weight excluding hydrogens is 222 g/mol. The number of benzene rings is 1. The molecule has 1 aliphatic rings. The minimum atomic E-state index is -0.0687. The van der Waals surface area contributed by atoms with E-state index in [9.17, 15) is 5.11 Å². The number of phenols is 1. The first-order valence-electron chi connectivity index (χ1n) is 5.56. The highest BCUT2D eigenvalue weighted by molar-refractivity contribution is 6.33. The normalized spacial score (nSPS) is 24.3. The molecule has 1 N–H and O–H groups in total. The maximum atomic E-state index is 9.77. The molecule has 0 aromatic heterocycles. The van der Waals surface area contributed by atoms with Gasteiger partial charge in [0.25, 0.3) is 0 Å². The Kier molecular flexibility index (Phi) is 3.07. The molecule has 1 aromatic rings. The van der Waals surface area contributed by atoms with Crippen molar-refractivity contribution in [3.63, 3.8) is 0 Å². The average molecular weight is 236 g/mol. The van der Waals surface area contributed by atoms with Crippen molar-refractivity contribution in [1.29, 1.82) is 5.26 Å². The molecule has 1 aromatic carbocycles. The summed E-state index contributed by atoms with van der Waals surface area (Å²) in [6.07, 6.45) is 3.54. The van der Waals surface area contributed by atoms with Gasteiger partial charge in [0.1, 0.15) is 6.07 Å². The molecule has 0 spiro atoms. The predicted molar refractivity (Wildman–Crippen MR) is 63.6 cm³/mol. The number of halogens is 1. The highest BCUT2D eigenvalue weighted by atomic mass is 35.5. The summed E-state index contributed by atoms with van der Waals surface area (Å²) in [5, 5.41) is 18.9. The van der Waals surface area contributed by atoms with E-state index in [-0.39, 0.29) is 11.3 Å². The van der Waals surface area contributed by atoms with Crippen LogP contribution in [0.2, 0.25) is 5.02 Å². The zero-order chi connectivity index (χ0) is 11.7. The molecule has 0 saturated heterocycles. The average Bonchev–Trinajstić information content (AvgIpc) is 2.69. The molecule has 0 heterocycles. The van der Waals surface area contributed by atoms with E-state index in [0.717, 1.165) is 12.0 Å². The fraction of sp³-hybridized carbons (Fsp3) is 0.462. The first kappa shape index (κ1) is 11.3. The van der Waals surface area contributed by atoms with Crippen LogP contribution in [-0.4, -0.2) is 5.11 Å². The second kappa shape index (κ2) is 4.35. The van der Waals surface area contributed by atoms with Gasteiger partial charge in [-0.05, 0) is 29.9 Å². The second-order valence-corrected chi connectivity index (χ2v) is 4.87. The number of hydrogen-bond donors (Lipinski definition) is 1. The monoisotopic (exact) mass is 235 g/mol. The molecule has 0 amide bonds. The van der Waals surface area contributed by atoms with E-state index in [1.165, 1.54) is 12.8 Å². The van der Waals surface area contributed by atoms with Gasteiger partial charge in [0.15, 0.2) is 5.75 Å². The van der Waals surface area contributed by atoms with Crippen LogP contribution in [0.25, 0.3) is 0 Å². The third-order valence-electron chi connectivity index (χ3n) is 3.53. The van der Waals surface area contributed by atoms with Gasteiger partial charge < -0.3 is 5.11 Å². The third kappa shape index (κ3) is 1.76. The molecular formula is C13H14ClNO. The molecule has 1 saturated carbocycles. The van der Waals surface area contributed by atoms with E-state index in [2.05, 4.69) is 6.92 Å². The molecule has 2 rings (SSSR count). The Morgan fingerprint density at radius 2 is 2.19 bits per heavy atom. The lowest BCUT2D eigenvalue weighted by molar-refractivity contribution is 0.469. The van der Waals surface area contributed by atoms with Crippen LogP contribution in [-0.2, 0) is 0 Å². The lowest BCUT2D eigenvalue weighted by Crippen LogP contribution is -2.03. The van der Waals surface area contributed by atoms with Crippen LogP contribution in [0.1, 0.15) is 43.2 Å². The molecule has 16 heavy (non-hydrogen) atoms. The summed E-state index contributed by atoms with van der Waals surface area (Å²) in [6.45, 7) is 2.21. The Hall–Kier alpha value is -1.20. The van der Waals surface area contributed by atoms with Gasteiger partial charge in [-0.15, -0.1) is 0 Å². The van der Waals surface area contributed by atoms with Gasteiger partial charge in [-0.1, -0.05) is 37.4 Å². The second-order valence-electron chi connectivity index (χ2n) is 4.49. The smallest absolute Gasteiger partial charge is 0.152 e. The summed E-state index contributed by atoms with van der Waals surface area (Å²) in [5.74, 6) is 0.955. The molecule has 0 bridgehead atoms. The van der Waals surface area contributed by atoms with Crippen molar-refractivity contribution in [2.45, 2.75) is 32.1 Å².